The van der Waals surface area contributed by atoms with Crippen LogP contribution in [-0.2, 0) is 6.42 Å². The standard InChI is InChI=1S/C25H24N4O3/c1-14-21(22-7-6-20-24(16-4-5-16)28-29-25(20)27-22)8-15(13-26-14)9-23(30)17-10-18(31-2)12-19(11-17)32-3/h6-8,10-13,16H,4-5,9H2,1-3H3,(H,27,28,29). The molecule has 7 nitrogen and oxygen atoms in total. The Bertz CT molecular complexity index is 1300. The van der Waals surface area contributed by atoms with E-state index in [0.717, 1.165) is 27.9 Å². The van der Waals surface area contributed by atoms with Crippen LogP contribution in [0.1, 0.15) is 46.1 Å². The van der Waals surface area contributed by atoms with Crippen molar-refractivity contribution in [2.45, 2.75) is 32.1 Å². The molecule has 0 atom stereocenters. The number of hydrogen-bond donors (Lipinski definition) is 1. The Kier molecular flexibility index (Phi) is 5.09. The van der Waals surface area contributed by atoms with Crippen LogP contribution in [0.2, 0.25) is 0 Å². The number of nitrogens with zero attached hydrogens (tertiary/aromatic N) is 3. The van der Waals surface area contributed by atoms with Crippen LogP contribution in [0, 0.1) is 6.92 Å². The molecule has 0 spiro atoms. The first-order valence-corrected chi connectivity index (χ1v) is 10.6. The summed E-state index contributed by atoms with van der Waals surface area (Å²) in [6.45, 7) is 1.94. The molecule has 5 rings (SSSR count). The molecule has 7 heteroatoms. The number of aromatic nitrogens is 4. The molecule has 0 saturated heterocycles. The summed E-state index contributed by atoms with van der Waals surface area (Å²) in [6, 6.07) is 11.3. The first kappa shape index (κ1) is 20.2. The van der Waals surface area contributed by atoms with E-state index in [1.54, 1.807) is 38.6 Å². The molecule has 4 aromatic rings. The summed E-state index contributed by atoms with van der Waals surface area (Å²) in [4.78, 5) is 22.2. The lowest BCUT2D eigenvalue weighted by Crippen LogP contribution is -2.06. The molecule has 0 aliphatic heterocycles. The van der Waals surface area contributed by atoms with Gasteiger partial charge < -0.3 is 9.47 Å². The van der Waals surface area contributed by atoms with Gasteiger partial charge in [0.05, 0.1) is 19.9 Å². The molecule has 1 saturated carbocycles. The van der Waals surface area contributed by atoms with E-state index in [9.17, 15) is 4.79 Å². The minimum atomic E-state index is -0.0383. The Morgan fingerprint density at radius 3 is 2.53 bits per heavy atom. The fraction of sp³-hybridized carbons (Fsp3) is 0.280. The molecular formula is C25H24N4O3. The molecule has 0 amide bonds. The summed E-state index contributed by atoms with van der Waals surface area (Å²) >= 11 is 0. The lowest BCUT2D eigenvalue weighted by molar-refractivity contribution is 0.0992. The van der Waals surface area contributed by atoms with Gasteiger partial charge in [-0.05, 0) is 55.7 Å². The van der Waals surface area contributed by atoms with Crippen LogP contribution < -0.4 is 9.47 Å². The van der Waals surface area contributed by atoms with Gasteiger partial charge in [0.25, 0.3) is 0 Å². The fourth-order valence-electron chi connectivity index (χ4n) is 3.94. The van der Waals surface area contributed by atoms with E-state index in [-0.39, 0.29) is 12.2 Å². The lowest BCUT2D eigenvalue weighted by atomic mass is 10.0. The smallest absolute Gasteiger partial charge is 0.181 e. The van der Waals surface area contributed by atoms with Gasteiger partial charge in [-0.2, -0.15) is 5.10 Å². The fourth-order valence-corrected chi connectivity index (χ4v) is 3.94. The summed E-state index contributed by atoms with van der Waals surface area (Å²) in [5.41, 5.74) is 5.81. The molecule has 1 aromatic carbocycles. The molecule has 1 fully saturated rings. The van der Waals surface area contributed by atoms with E-state index in [4.69, 9.17) is 14.5 Å². The van der Waals surface area contributed by atoms with Crippen LogP contribution in [0.25, 0.3) is 22.3 Å². The van der Waals surface area contributed by atoms with Gasteiger partial charge in [0.1, 0.15) is 11.5 Å². The molecule has 32 heavy (non-hydrogen) atoms. The maximum Gasteiger partial charge on any atom is 0.181 e. The van der Waals surface area contributed by atoms with Crippen molar-refractivity contribution in [1.82, 2.24) is 20.2 Å². The van der Waals surface area contributed by atoms with Crippen LogP contribution >= 0.6 is 0 Å². The largest absolute Gasteiger partial charge is 0.497 e. The van der Waals surface area contributed by atoms with Crippen LogP contribution in [0.3, 0.4) is 0 Å². The van der Waals surface area contributed by atoms with Gasteiger partial charge in [0.2, 0.25) is 0 Å². The predicted molar refractivity (Wildman–Crippen MR) is 121 cm³/mol. The van der Waals surface area contributed by atoms with Crippen molar-refractivity contribution in [2.75, 3.05) is 14.2 Å². The number of rotatable bonds is 7. The number of fused-ring (bicyclic) bond motifs is 1. The number of ether oxygens (including phenoxy) is 2. The average Bonchev–Trinajstić information content (AvgIpc) is 3.58. The Morgan fingerprint density at radius 1 is 1.09 bits per heavy atom. The van der Waals surface area contributed by atoms with Crippen molar-refractivity contribution in [3.63, 3.8) is 0 Å². The molecular weight excluding hydrogens is 404 g/mol. The number of hydrogen-bond acceptors (Lipinski definition) is 6. The molecule has 3 aromatic heterocycles. The van der Waals surface area contributed by atoms with E-state index in [1.165, 1.54) is 18.5 Å². The highest BCUT2D eigenvalue weighted by Gasteiger charge is 2.27. The second kappa shape index (κ2) is 8.07. The third-order valence-corrected chi connectivity index (χ3v) is 5.89. The Labute approximate surface area is 185 Å². The van der Waals surface area contributed by atoms with Crippen molar-refractivity contribution >= 4 is 16.8 Å². The number of carbonyl (C=O) groups excluding carboxylic acids is 1. The molecule has 0 unspecified atom stereocenters. The van der Waals surface area contributed by atoms with Gasteiger partial charge in [0.15, 0.2) is 11.4 Å². The molecule has 1 N–H and O–H groups in total. The Morgan fingerprint density at radius 2 is 1.84 bits per heavy atom. The predicted octanol–water partition coefficient (Wildman–Crippen LogP) is 4.65. The second-order valence-corrected chi connectivity index (χ2v) is 8.16. The van der Waals surface area contributed by atoms with Crippen LogP contribution in [0.15, 0.2) is 42.6 Å². The zero-order chi connectivity index (χ0) is 22.2. The number of aromatic amines is 1. The zero-order valence-corrected chi connectivity index (χ0v) is 18.3. The van der Waals surface area contributed by atoms with Gasteiger partial charge in [-0.3, -0.25) is 14.9 Å². The number of Topliss-reactive ketones (excluding diaryl/α,β-unsaturated/α-hetero) is 1. The third kappa shape index (κ3) is 3.82. The van der Waals surface area contributed by atoms with Crippen LogP contribution in [0.5, 0.6) is 11.5 Å². The summed E-state index contributed by atoms with van der Waals surface area (Å²) in [5.74, 6) is 1.71. The normalized spacial score (nSPS) is 13.3. The van der Waals surface area contributed by atoms with Crippen molar-refractivity contribution in [3.8, 4) is 22.8 Å². The van der Waals surface area contributed by atoms with Crippen molar-refractivity contribution in [2.24, 2.45) is 0 Å². The number of ketones is 1. The number of carbonyl (C=O) groups is 1. The van der Waals surface area contributed by atoms with Crippen molar-refractivity contribution in [3.05, 3.63) is 65.1 Å². The van der Waals surface area contributed by atoms with E-state index >= 15 is 0 Å². The maximum absolute atomic E-state index is 13.0. The van der Waals surface area contributed by atoms with Gasteiger partial charge >= 0.3 is 0 Å². The number of aryl methyl sites for hydroxylation is 1. The number of nitrogens with one attached hydrogen (secondary N) is 1. The second-order valence-electron chi connectivity index (χ2n) is 8.16. The summed E-state index contributed by atoms with van der Waals surface area (Å²) < 4.78 is 10.6. The van der Waals surface area contributed by atoms with Gasteiger partial charge in [-0.1, -0.05) is 0 Å². The molecule has 0 bridgehead atoms. The summed E-state index contributed by atoms with van der Waals surface area (Å²) in [7, 11) is 3.13. The number of benzene rings is 1. The molecule has 0 radical (unpaired) electrons. The minimum absolute atomic E-state index is 0.0383. The minimum Gasteiger partial charge on any atom is -0.497 e. The zero-order valence-electron chi connectivity index (χ0n) is 18.3. The number of methoxy groups -OCH3 is 2. The highest BCUT2D eigenvalue weighted by atomic mass is 16.5. The molecule has 3 heterocycles. The van der Waals surface area contributed by atoms with Crippen molar-refractivity contribution in [1.29, 1.82) is 0 Å². The first-order chi connectivity index (χ1) is 15.6. The average molecular weight is 428 g/mol. The van der Waals surface area contributed by atoms with E-state index in [0.29, 0.717) is 28.6 Å². The van der Waals surface area contributed by atoms with Gasteiger partial charge in [0, 0.05) is 52.5 Å². The summed E-state index contributed by atoms with van der Waals surface area (Å²) in [5, 5.41) is 8.64. The monoisotopic (exact) mass is 428 g/mol. The van der Waals surface area contributed by atoms with Gasteiger partial charge in [-0.25, -0.2) is 4.98 Å². The maximum atomic E-state index is 13.0. The van der Waals surface area contributed by atoms with Crippen LogP contribution in [-0.4, -0.2) is 40.2 Å². The third-order valence-electron chi connectivity index (χ3n) is 5.89. The molecule has 162 valence electrons. The highest BCUT2D eigenvalue weighted by Crippen LogP contribution is 2.42. The van der Waals surface area contributed by atoms with E-state index in [1.807, 2.05) is 19.1 Å². The highest BCUT2D eigenvalue weighted by molar-refractivity contribution is 5.98. The summed E-state index contributed by atoms with van der Waals surface area (Å²) in [6.07, 6.45) is 4.37. The van der Waals surface area contributed by atoms with Gasteiger partial charge in [-0.15, -0.1) is 0 Å². The SMILES string of the molecule is COc1cc(OC)cc(C(=O)Cc2cnc(C)c(-c3ccc4c(C5CC5)[nH]nc4n3)c2)c1. The van der Waals surface area contributed by atoms with E-state index in [2.05, 4.69) is 21.2 Å². The topological polar surface area (TPSA) is 90.0 Å². The van der Waals surface area contributed by atoms with Crippen molar-refractivity contribution < 1.29 is 14.3 Å². The first-order valence-electron chi connectivity index (χ1n) is 10.6. The quantitative estimate of drug-likeness (QED) is 0.431. The van der Waals surface area contributed by atoms with Crippen LogP contribution in [0.4, 0.5) is 0 Å². The Balaban J connectivity index is 1.44. The van der Waals surface area contributed by atoms with E-state index < -0.39 is 0 Å². The molecule has 1 aliphatic rings. The Hall–Kier alpha value is -3.74. The molecule has 1 aliphatic carbocycles. The number of H-pyrrole nitrogens is 1. The number of pyridine rings is 2. The lowest BCUT2D eigenvalue weighted by Gasteiger charge is -2.10.